The van der Waals surface area contributed by atoms with Crippen molar-refractivity contribution in [1.82, 2.24) is 0 Å². The minimum atomic E-state index is 0.454. The molecule has 2 nitrogen and oxygen atoms in total. The van der Waals surface area contributed by atoms with Gasteiger partial charge in [0.25, 0.3) is 0 Å². The molecule has 2 fully saturated rings. The van der Waals surface area contributed by atoms with Crippen LogP contribution < -0.4 is 0 Å². The Bertz CT molecular complexity index is 409. The SMILES string of the molecule is C=C(C)C(=C)OCCOC1CC2C[C@H]1C1C=CCC21. The summed E-state index contributed by atoms with van der Waals surface area (Å²) in [5, 5.41) is 0. The Morgan fingerprint density at radius 2 is 2.05 bits per heavy atom. The van der Waals surface area contributed by atoms with Gasteiger partial charge in [0.15, 0.2) is 0 Å². The molecule has 0 radical (unpaired) electrons. The van der Waals surface area contributed by atoms with Crippen molar-refractivity contribution in [3.8, 4) is 0 Å². The largest absolute Gasteiger partial charge is 0.492 e. The first-order valence-electron chi connectivity index (χ1n) is 7.42. The second kappa shape index (κ2) is 5.16. The number of rotatable bonds is 6. The van der Waals surface area contributed by atoms with Crippen molar-refractivity contribution in [3.05, 3.63) is 36.6 Å². The second-order valence-corrected chi connectivity index (χ2v) is 6.26. The molecule has 2 saturated carbocycles. The zero-order valence-electron chi connectivity index (χ0n) is 11.8. The fourth-order valence-electron chi connectivity index (χ4n) is 4.16. The van der Waals surface area contributed by atoms with E-state index in [1.807, 2.05) is 6.92 Å². The molecule has 0 aromatic rings. The summed E-state index contributed by atoms with van der Waals surface area (Å²) in [6.07, 6.45) is 9.20. The third kappa shape index (κ3) is 2.38. The zero-order chi connectivity index (χ0) is 13.4. The lowest BCUT2D eigenvalue weighted by Gasteiger charge is -2.31. The fourth-order valence-corrected chi connectivity index (χ4v) is 4.16. The fraction of sp³-hybridized carbons (Fsp3) is 0.647. The first-order valence-corrected chi connectivity index (χ1v) is 7.42. The lowest BCUT2D eigenvalue weighted by atomic mass is 9.80. The van der Waals surface area contributed by atoms with Gasteiger partial charge in [0.2, 0.25) is 0 Å². The van der Waals surface area contributed by atoms with Crippen molar-refractivity contribution in [2.75, 3.05) is 13.2 Å². The van der Waals surface area contributed by atoms with Gasteiger partial charge < -0.3 is 9.47 Å². The Kier molecular flexibility index (Phi) is 3.53. The molecular weight excluding hydrogens is 236 g/mol. The van der Waals surface area contributed by atoms with Gasteiger partial charge in [-0.25, -0.2) is 0 Å². The molecule has 19 heavy (non-hydrogen) atoms. The number of fused-ring (bicyclic) bond motifs is 5. The van der Waals surface area contributed by atoms with E-state index in [-0.39, 0.29) is 0 Å². The van der Waals surface area contributed by atoms with Gasteiger partial charge in [0.05, 0.1) is 12.7 Å². The van der Waals surface area contributed by atoms with E-state index in [9.17, 15) is 0 Å². The van der Waals surface area contributed by atoms with Gasteiger partial charge in [-0.1, -0.05) is 25.3 Å². The maximum Gasteiger partial charge on any atom is 0.114 e. The van der Waals surface area contributed by atoms with Crippen LogP contribution in [-0.4, -0.2) is 19.3 Å². The van der Waals surface area contributed by atoms with Crippen LogP contribution in [0.5, 0.6) is 0 Å². The van der Waals surface area contributed by atoms with Crippen molar-refractivity contribution in [1.29, 1.82) is 0 Å². The van der Waals surface area contributed by atoms with Gasteiger partial charge in [-0.15, -0.1) is 0 Å². The van der Waals surface area contributed by atoms with E-state index in [4.69, 9.17) is 9.47 Å². The van der Waals surface area contributed by atoms with Crippen LogP contribution in [0.3, 0.4) is 0 Å². The van der Waals surface area contributed by atoms with Gasteiger partial charge in [-0.2, -0.15) is 0 Å². The van der Waals surface area contributed by atoms with Crippen LogP contribution in [0.2, 0.25) is 0 Å². The average Bonchev–Trinajstić information content (AvgIpc) is 3.05. The molecule has 0 saturated heterocycles. The lowest BCUT2D eigenvalue weighted by Crippen LogP contribution is -2.31. The molecule has 0 aromatic carbocycles. The van der Waals surface area contributed by atoms with Crippen LogP contribution in [0.15, 0.2) is 36.6 Å². The highest BCUT2D eigenvalue weighted by Gasteiger charge is 2.52. The van der Waals surface area contributed by atoms with Crippen molar-refractivity contribution >= 4 is 0 Å². The molecule has 0 heterocycles. The molecule has 0 aliphatic heterocycles. The minimum absolute atomic E-state index is 0.454. The Morgan fingerprint density at radius 3 is 2.84 bits per heavy atom. The summed E-state index contributed by atoms with van der Waals surface area (Å²) in [5.41, 5.74) is 0.888. The number of ether oxygens (including phenoxy) is 2. The second-order valence-electron chi connectivity index (χ2n) is 6.26. The minimum Gasteiger partial charge on any atom is -0.492 e. The van der Waals surface area contributed by atoms with E-state index in [2.05, 4.69) is 25.3 Å². The molecule has 104 valence electrons. The summed E-state index contributed by atoms with van der Waals surface area (Å²) in [7, 11) is 0. The summed E-state index contributed by atoms with van der Waals surface area (Å²) in [4.78, 5) is 0. The van der Waals surface area contributed by atoms with Gasteiger partial charge in [0, 0.05) is 0 Å². The molecule has 0 spiro atoms. The highest BCUT2D eigenvalue weighted by atomic mass is 16.5. The molecule has 2 bridgehead atoms. The molecule has 5 atom stereocenters. The molecular formula is C17H24O2. The first-order chi connectivity index (χ1) is 9.16. The topological polar surface area (TPSA) is 18.5 Å². The Balaban J connectivity index is 1.42. The van der Waals surface area contributed by atoms with Crippen LogP contribution in [0.1, 0.15) is 26.2 Å². The number of hydrogen-bond donors (Lipinski definition) is 0. The summed E-state index contributed by atoms with van der Waals surface area (Å²) >= 11 is 0. The summed E-state index contributed by atoms with van der Waals surface area (Å²) in [6.45, 7) is 10.8. The number of allylic oxidation sites excluding steroid dienone is 3. The van der Waals surface area contributed by atoms with Crippen molar-refractivity contribution in [2.24, 2.45) is 23.7 Å². The maximum absolute atomic E-state index is 6.05. The van der Waals surface area contributed by atoms with Crippen LogP contribution in [0.25, 0.3) is 0 Å². The molecule has 4 unspecified atom stereocenters. The Labute approximate surface area is 116 Å². The lowest BCUT2D eigenvalue weighted by molar-refractivity contribution is -0.0226. The highest BCUT2D eigenvalue weighted by Crippen LogP contribution is 2.57. The van der Waals surface area contributed by atoms with Gasteiger partial charge in [0.1, 0.15) is 12.4 Å². The quantitative estimate of drug-likeness (QED) is 0.314. The molecule has 0 N–H and O–H groups in total. The molecule has 0 aromatic heterocycles. The van der Waals surface area contributed by atoms with E-state index in [0.717, 1.165) is 29.2 Å². The van der Waals surface area contributed by atoms with Gasteiger partial charge >= 0.3 is 0 Å². The molecule has 3 aliphatic rings. The van der Waals surface area contributed by atoms with E-state index < -0.39 is 0 Å². The van der Waals surface area contributed by atoms with Crippen LogP contribution >= 0.6 is 0 Å². The maximum atomic E-state index is 6.05. The zero-order valence-corrected chi connectivity index (χ0v) is 11.8. The predicted octanol–water partition coefficient (Wildman–Crippen LogP) is 3.71. The molecule has 3 aliphatic carbocycles. The van der Waals surface area contributed by atoms with Crippen LogP contribution in [0, 0.1) is 23.7 Å². The standard InChI is InChI=1S/C17H24O2/c1-11(2)12(3)18-7-8-19-17-10-13-9-16(17)15-6-4-5-14(13)15/h4,6,13-17H,1,3,5,7-10H2,2H3/t13?,14?,15?,16-,17?/m0/s1. The summed E-state index contributed by atoms with van der Waals surface area (Å²) in [6, 6.07) is 0. The van der Waals surface area contributed by atoms with Crippen LogP contribution in [-0.2, 0) is 9.47 Å². The highest BCUT2D eigenvalue weighted by molar-refractivity contribution is 5.16. The number of hydrogen-bond acceptors (Lipinski definition) is 2. The monoisotopic (exact) mass is 260 g/mol. The van der Waals surface area contributed by atoms with E-state index >= 15 is 0 Å². The third-order valence-corrected chi connectivity index (χ3v) is 5.12. The molecule has 2 heteroatoms. The van der Waals surface area contributed by atoms with E-state index in [1.165, 1.54) is 19.3 Å². The van der Waals surface area contributed by atoms with E-state index in [1.54, 1.807) is 0 Å². The van der Waals surface area contributed by atoms with Crippen molar-refractivity contribution < 1.29 is 9.47 Å². The van der Waals surface area contributed by atoms with Crippen molar-refractivity contribution in [2.45, 2.75) is 32.3 Å². The smallest absolute Gasteiger partial charge is 0.114 e. The average molecular weight is 260 g/mol. The summed E-state index contributed by atoms with van der Waals surface area (Å²) in [5.74, 6) is 4.08. The van der Waals surface area contributed by atoms with Gasteiger partial charge in [-0.3, -0.25) is 0 Å². The Morgan fingerprint density at radius 1 is 1.21 bits per heavy atom. The Hall–Kier alpha value is -1.02. The normalized spacial score (nSPS) is 38.5. The first kappa shape index (κ1) is 13.0. The predicted molar refractivity (Wildman–Crippen MR) is 76.6 cm³/mol. The van der Waals surface area contributed by atoms with Crippen molar-refractivity contribution in [3.63, 3.8) is 0 Å². The molecule has 3 rings (SSSR count). The molecule has 0 amide bonds. The third-order valence-electron chi connectivity index (χ3n) is 5.12. The van der Waals surface area contributed by atoms with Crippen LogP contribution in [0.4, 0.5) is 0 Å². The summed E-state index contributed by atoms with van der Waals surface area (Å²) < 4.78 is 11.5. The van der Waals surface area contributed by atoms with Gasteiger partial charge in [-0.05, 0) is 55.4 Å². The van der Waals surface area contributed by atoms with E-state index in [0.29, 0.717) is 25.1 Å².